The minimum Gasteiger partial charge on any atom is -0.324 e. The number of benzene rings is 2. The molecular weight excluding hydrogens is 298 g/mol. The highest BCUT2D eigenvalue weighted by molar-refractivity contribution is 7.78. The van der Waals surface area contributed by atoms with E-state index in [4.69, 9.17) is 0 Å². The molecule has 2 aromatic rings. The quantitative estimate of drug-likeness (QED) is 0.754. The number of hydrogen-bond acceptors (Lipinski definition) is 2. The van der Waals surface area contributed by atoms with E-state index in [1.165, 1.54) is 0 Å². The lowest BCUT2D eigenvalue weighted by Crippen LogP contribution is -2.18. The van der Waals surface area contributed by atoms with E-state index in [-0.39, 0.29) is 0 Å². The Bertz CT molecular complexity index is 616. The average molecular weight is 320 g/mol. The van der Waals surface area contributed by atoms with Crippen LogP contribution in [0.4, 0.5) is 0 Å². The molecule has 21 heavy (non-hydrogen) atoms. The SMILES string of the molecule is CP(C)(=O)CCCP(=O)(c1ccccc1)c1ccccc1. The fourth-order valence-electron chi connectivity index (χ4n) is 2.42. The molecule has 0 spiro atoms. The molecular formula is C17H22O2P2. The third kappa shape index (κ3) is 4.43. The second-order valence-electron chi connectivity index (χ2n) is 5.79. The van der Waals surface area contributed by atoms with Gasteiger partial charge in [-0.15, -0.1) is 0 Å². The lowest BCUT2D eigenvalue weighted by Gasteiger charge is -2.20. The Labute approximate surface area is 127 Å². The van der Waals surface area contributed by atoms with Gasteiger partial charge in [0.2, 0.25) is 0 Å². The van der Waals surface area contributed by atoms with Gasteiger partial charge in [-0.25, -0.2) is 0 Å². The molecule has 0 fully saturated rings. The van der Waals surface area contributed by atoms with Crippen LogP contribution in [0.15, 0.2) is 60.7 Å². The second-order valence-corrected chi connectivity index (χ2v) is 12.3. The van der Waals surface area contributed by atoms with E-state index in [2.05, 4.69) is 0 Å². The molecule has 2 nitrogen and oxygen atoms in total. The van der Waals surface area contributed by atoms with Gasteiger partial charge in [-0.2, -0.15) is 0 Å². The fraction of sp³-hybridized carbons (Fsp3) is 0.294. The summed E-state index contributed by atoms with van der Waals surface area (Å²) in [5.41, 5.74) is 0. The van der Waals surface area contributed by atoms with Crippen molar-refractivity contribution < 1.29 is 9.13 Å². The van der Waals surface area contributed by atoms with Crippen LogP contribution in [-0.4, -0.2) is 25.7 Å². The van der Waals surface area contributed by atoms with Gasteiger partial charge in [0.1, 0.15) is 7.14 Å². The Morgan fingerprint density at radius 1 is 0.714 bits per heavy atom. The Morgan fingerprint density at radius 2 is 1.14 bits per heavy atom. The van der Waals surface area contributed by atoms with Gasteiger partial charge in [0.15, 0.2) is 0 Å². The summed E-state index contributed by atoms with van der Waals surface area (Å²) in [6.07, 6.45) is 1.95. The first kappa shape index (κ1) is 16.3. The van der Waals surface area contributed by atoms with Crippen LogP contribution in [0.1, 0.15) is 6.42 Å². The summed E-state index contributed by atoms with van der Waals surface area (Å²) in [6, 6.07) is 19.3. The Kier molecular flexibility index (Phi) is 5.25. The Balaban J connectivity index is 2.32. The summed E-state index contributed by atoms with van der Waals surface area (Å²) in [5.74, 6) is 0. The molecule has 0 radical (unpaired) electrons. The molecule has 0 atom stereocenters. The van der Waals surface area contributed by atoms with Crippen LogP contribution in [0.25, 0.3) is 0 Å². The van der Waals surface area contributed by atoms with Gasteiger partial charge in [-0.3, -0.25) is 0 Å². The molecule has 2 aromatic carbocycles. The van der Waals surface area contributed by atoms with Crippen LogP contribution in [0.5, 0.6) is 0 Å². The van der Waals surface area contributed by atoms with Crippen molar-refractivity contribution in [3.05, 3.63) is 60.7 Å². The van der Waals surface area contributed by atoms with Gasteiger partial charge < -0.3 is 9.13 Å². The highest BCUT2D eigenvalue weighted by Gasteiger charge is 2.27. The minimum atomic E-state index is -2.63. The molecule has 0 bridgehead atoms. The van der Waals surface area contributed by atoms with Gasteiger partial charge in [-0.1, -0.05) is 60.7 Å². The van der Waals surface area contributed by atoms with Gasteiger partial charge in [0.05, 0.1) is 7.14 Å². The number of rotatable bonds is 6. The maximum absolute atomic E-state index is 13.6. The summed E-state index contributed by atoms with van der Waals surface area (Å²) in [4.78, 5) is 0. The molecule has 0 N–H and O–H groups in total. The van der Waals surface area contributed by atoms with Crippen molar-refractivity contribution in [2.45, 2.75) is 6.42 Å². The molecule has 0 aliphatic carbocycles. The minimum absolute atomic E-state index is 0.576. The largest absolute Gasteiger partial charge is 0.324 e. The zero-order chi connectivity index (χ0) is 15.3. The normalized spacial score (nSPS) is 12.3. The van der Waals surface area contributed by atoms with Crippen LogP contribution < -0.4 is 10.6 Å². The second kappa shape index (κ2) is 6.77. The lowest BCUT2D eigenvalue weighted by molar-refractivity contribution is 0.580. The van der Waals surface area contributed by atoms with Gasteiger partial charge in [-0.05, 0) is 19.8 Å². The highest BCUT2D eigenvalue weighted by Crippen LogP contribution is 2.46. The molecule has 0 amide bonds. The van der Waals surface area contributed by atoms with Crippen LogP contribution in [0.2, 0.25) is 0 Å². The van der Waals surface area contributed by atoms with Crippen molar-refractivity contribution in [2.24, 2.45) is 0 Å². The Hall–Kier alpha value is -1.10. The molecule has 0 aliphatic rings. The summed E-state index contributed by atoms with van der Waals surface area (Å²) in [5, 5.41) is 1.77. The monoisotopic (exact) mass is 320 g/mol. The van der Waals surface area contributed by atoms with Crippen molar-refractivity contribution in [3.8, 4) is 0 Å². The standard InChI is InChI=1S/C17H22O2P2/c1-20(2,18)14-9-15-21(19,16-10-5-3-6-11-16)17-12-7-4-8-13-17/h3-8,10-13H,9,14-15H2,1-2H3. The van der Waals surface area contributed by atoms with Crippen LogP contribution in [0, 0.1) is 0 Å². The summed E-state index contributed by atoms with van der Waals surface area (Å²) >= 11 is 0. The molecule has 0 unspecified atom stereocenters. The van der Waals surface area contributed by atoms with Gasteiger partial charge in [0.25, 0.3) is 0 Å². The van der Waals surface area contributed by atoms with E-state index < -0.39 is 14.3 Å². The number of hydrogen-bond donors (Lipinski definition) is 0. The van der Waals surface area contributed by atoms with E-state index in [0.717, 1.165) is 17.0 Å². The van der Waals surface area contributed by atoms with E-state index in [1.54, 1.807) is 13.3 Å². The van der Waals surface area contributed by atoms with E-state index in [9.17, 15) is 9.13 Å². The molecule has 0 heterocycles. The van der Waals surface area contributed by atoms with Crippen molar-refractivity contribution in [3.63, 3.8) is 0 Å². The highest BCUT2D eigenvalue weighted by atomic mass is 31.2. The molecule has 112 valence electrons. The zero-order valence-electron chi connectivity index (χ0n) is 12.6. The molecule has 0 saturated heterocycles. The molecule has 0 aliphatic heterocycles. The third-order valence-corrected chi connectivity index (χ3v) is 8.12. The molecule has 0 aromatic heterocycles. The molecule has 4 heteroatoms. The van der Waals surface area contributed by atoms with Gasteiger partial charge in [0, 0.05) is 22.9 Å². The lowest BCUT2D eigenvalue weighted by atomic mass is 10.4. The Morgan fingerprint density at radius 3 is 1.52 bits per heavy atom. The zero-order valence-corrected chi connectivity index (χ0v) is 14.4. The van der Waals surface area contributed by atoms with Crippen molar-refractivity contribution in [2.75, 3.05) is 25.7 Å². The van der Waals surface area contributed by atoms with Crippen LogP contribution in [-0.2, 0) is 9.13 Å². The van der Waals surface area contributed by atoms with Crippen molar-refractivity contribution >= 4 is 24.9 Å². The first-order valence-electron chi connectivity index (χ1n) is 7.16. The van der Waals surface area contributed by atoms with E-state index in [1.807, 2.05) is 60.7 Å². The van der Waals surface area contributed by atoms with E-state index >= 15 is 0 Å². The fourth-order valence-corrected chi connectivity index (χ4v) is 6.31. The van der Waals surface area contributed by atoms with Crippen LogP contribution in [0.3, 0.4) is 0 Å². The maximum Gasteiger partial charge on any atom is 0.143 e. The third-order valence-electron chi connectivity index (χ3n) is 3.52. The smallest absolute Gasteiger partial charge is 0.143 e. The predicted molar refractivity (Wildman–Crippen MR) is 93.6 cm³/mol. The topological polar surface area (TPSA) is 34.1 Å². The summed E-state index contributed by atoms with van der Waals surface area (Å²) in [7, 11) is -4.69. The van der Waals surface area contributed by atoms with Crippen LogP contribution >= 0.6 is 14.3 Å². The molecule has 0 saturated carbocycles. The van der Waals surface area contributed by atoms with Gasteiger partial charge >= 0.3 is 0 Å². The van der Waals surface area contributed by atoms with Crippen molar-refractivity contribution in [1.29, 1.82) is 0 Å². The summed E-state index contributed by atoms with van der Waals surface area (Å²) in [6.45, 7) is 3.59. The molecule has 2 rings (SSSR count). The average Bonchev–Trinajstić information content (AvgIpc) is 2.47. The maximum atomic E-state index is 13.6. The predicted octanol–water partition coefficient (Wildman–Crippen LogP) is 4.01. The first-order valence-corrected chi connectivity index (χ1v) is 11.8. The first-order chi connectivity index (χ1) is 9.92. The van der Waals surface area contributed by atoms with Crippen molar-refractivity contribution in [1.82, 2.24) is 0 Å². The van der Waals surface area contributed by atoms with E-state index in [0.29, 0.717) is 12.3 Å². The summed E-state index contributed by atoms with van der Waals surface area (Å²) < 4.78 is 25.5.